The molecule has 3 heteroatoms. The highest BCUT2D eigenvalue weighted by atomic mass is 16.4. The third-order valence-electron chi connectivity index (χ3n) is 2.05. The molecule has 0 aliphatic carbocycles. The van der Waals surface area contributed by atoms with Crippen LogP contribution in [0.2, 0.25) is 0 Å². The third-order valence-corrected chi connectivity index (χ3v) is 2.05. The molecular formula is C11H10O3. The molecule has 0 aliphatic heterocycles. The number of hydrogen-bond acceptors (Lipinski definition) is 3. The molecule has 0 fully saturated rings. The molecule has 2 rings (SSSR count). The summed E-state index contributed by atoms with van der Waals surface area (Å²) in [6.45, 7) is 1.43. The molecule has 1 atom stereocenters. The molecule has 1 unspecified atom stereocenters. The summed E-state index contributed by atoms with van der Waals surface area (Å²) in [5, 5.41) is 9.96. The Balaban J connectivity index is 2.50. The quantitative estimate of drug-likeness (QED) is 0.737. The van der Waals surface area contributed by atoms with E-state index in [0.29, 0.717) is 5.58 Å². The lowest BCUT2D eigenvalue weighted by Gasteiger charge is -1.97. The van der Waals surface area contributed by atoms with E-state index in [1.54, 1.807) is 12.1 Å². The summed E-state index contributed by atoms with van der Waals surface area (Å²) in [6.07, 6.45) is -1.02. The van der Waals surface area contributed by atoms with Crippen molar-refractivity contribution in [1.29, 1.82) is 0 Å². The number of carbonyl (C=O) groups excluding carboxylic acids is 1. The molecule has 1 aromatic carbocycles. The first-order chi connectivity index (χ1) is 6.68. The van der Waals surface area contributed by atoms with Crippen LogP contribution in [0.1, 0.15) is 17.5 Å². The molecule has 2 aromatic rings. The van der Waals surface area contributed by atoms with Gasteiger partial charge in [0.25, 0.3) is 0 Å². The lowest BCUT2D eigenvalue weighted by atomic mass is 10.2. The number of carbonyl (C=O) groups is 1. The Morgan fingerprint density at radius 1 is 1.43 bits per heavy atom. The fourth-order valence-electron chi connectivity index (χ4n) is 1.31. The zero-order chi connectivity index (χ0) is 10.1. The van der Waals surface area contributed by atoms with Gasteiger partial charge in [-0.2, -0.15) is 0 Å². The third kappa shape index (κ3) is 1.42. The van der Waals surface area contributed by atoms with Gasteiger partial charge in [-0.05, 0) is 19.1 Å². The number of rotatable bonds is 2. The Hall–Kier alpha value is -1.61. The number of para-hydroxylation sites is 1. The average Bonchev–Trinajstić information content (AvgIpc) is 2.59. The number of benzene rings is 1. The van der Waals surface area contributed by atoms with Crippen molar-refractivity contribution in [3.05, 3.63) is 36.1 Å². The number of ketones is 1. The van der Waals surface area contributed by atoms with Crippen molar-refractivity contribution in [2.45, 2.75) is 13.0 Å². The Bertz CT molecular complexity index is 435. The summed E-state index contributed by atoms with van der Waals surface area (Å²) in [5.74, 6) is -0.178. The number of Topliss-reactive ketones (excluding diaryl/α,β-unsaturated/α-hetero) is 1. The number of furan rings is 1. The van der Waals surface area contributed by atoms with Gasteiger partial charge in [0.15, 0.2) is 5.76 Å². The summed E-state index contributed by atoms with van der Waals surface area (Å²) in [5.41, 5.74) is 0.663. The zero-order valence-electron chi connectivity index (χ0n) is 7.73. The highest BCUT2D eigenvalue weighted by molar-refractivity contribution is 5.99. The van der Waals surface area contributed by atoms with Crippen LogP contribution in [0.5, 0.6) is 0 Å². The summed E-state index contributed by atoms with van der Waals surface area (Å²) in [4.78, 5) is 11.4. The van der Waals surface area contributed by atoms with E-state index in [2.05, 4.69) is 0 Å². The molecule has 1 N–H and O–H groups in total. The summed E-state index contributed by atoms with van der Waals surface area (Å²) in [7, 11) is 0. The highest BCUT2D eigenvalue weighted by Gasteiger charge is 2.16. The van der Waals surface area contributed by atoms with Crippen molar-refractivity contribution >= 4 is 16.8 Å². The van der Waals surface area contributed by atoms with Gasteiger partial charge in [0.1, 0.15) is 11.7 Å². The second-order valence-electron chi connectivity index (χ2n) is 3.19. The van der Waals surface area contributed by atoms with Gasteiger partial charge in [0.05, 0.1) is 0 Å². The fourth-order valence-corrected chi connectivity index (χ4v) is 1.31. The minimum Gasteiger partial charge on any atom is -0.453 e. The van der Waals surface area contributed by atoms with Gasteiger partial charge < -0.3 is 9.52 Å². The minimum atomic E-state index is -1.02. The maximum absolute atomic E-state index is 11.4. The number of aliphatic hydroxyl groups excluding tert-OH is 1. The Morgan fingerprint density at radius 2 is 2.14 bits per heavy atom. The molecule has 0 radical (unpaired) electrons. The molecule has 72 valence electrons. The van der Waals surface area contributed by atoms with E-state index in [1.165, 1.54) is 6.92 Å². The van der Waals surface area contributed by atoms with Crippen LogP contribution in [0.25, 0.3) is 11.0 Å². The van der Waals surface area contributed by atoms with E-state index < -0.39 is 6.10 Å². The SMILES string of the molecule is CC(O)C(=O)c1cc2ccccc2o1. The molecular weight excluding hydrogens is 180 g/mol. The largest absolute Gasteiger partial charge is 0.453 e. The van der Waals surface area contributed by atoms with Crippen LogP contribution in [0.4, 0.5) is 0 Å². The molecule has 1 aromatic heterocycles. The second kappa shape index (κ2) is 3.27. The predicted molar refractivity (Wildman–Crippen MR) is 52.2 cm³/mol. The van der Waals surface area contributed by atoms with Gasteiger partial charge in [-0.15, -0.1) is 0 Å². The van der Waals surface area contributed by atoms with Gasteiger partial charge in [-0.1, -0.05) is 18.2 Å². The smallest absolute Gasteiger partial charge is 0.226 e. The summed E-state index contributed by atoms with van der Waals surface area (Å²) >= 11 is 0. The van der Waals surface area contributed by atoms with Gasteiger partial charge in [-0.3, -0.25) is 4.79 Å². The maximum atomic E-state index is 11.4. The lowest BCUT2D eigenvalue weighted by molar-refractivity contribution is 0.0752. The average molecular weight is 190 g/mol. The molecule has 0 saturated heterocycles. The molecule has 0 saturated carbocycles. The predicted octanol–water partition coefficient (Wildman–Crippen LogP) is 2.00. The van der Waals surface area contributed by atoms with E-state index in [0.717, 1.165) is 5.39 Å². The van der Waals surface area contributed by atoms with Crippen molar-refractivity contribution in [2.24, 2.45) is 0 Å². The molecule has 3 nitrogen and oxygen atoms in total. The van der Waals surface area contributed by atoms with Crippen LogP contribution in [-0.4, -0.2) is 17.0 Å². The zero-order valence-corrected chi connectivity index (χ0v) is 7.73. The highest BCUT2D eigenvalue weighted by Crippen LogP contribution is 2.19. The first kappa shape index (κ1) is 8.97. The van der Waals surface area contributed by atoms with Crippen LogP contribution >= 0.6 is 0 Å². The molecule has 0 aliphatic rings. The minimum absolute atomic E-state index is 0.209. The van der Waals surface area contributed by atoms with Crippen LogP contribution in [0.15, 0.2) is 34.7 Å². The molecule has 1 heterocycles. The van der Waals surface area contributed by atoms with Crippen LogP contribution in [0, 0.1) is 0 Å². The van der Waals surface area contributed by atoms with Crippen molar-refractivity contribution in [2.75, 3.05) is 0 Å². The monoisotopic (exact) mass is 190 g/mol. The standard InChI is InChI=1S/C11H10O3/c1-7(12)11(13)10-6-8-4-2-3-5-9(8)14-10/h2-7,12H,1H3. The topological polar surface area (TPSA) is 50.4 Å². The Labute approximate surface area is 81.0 Å². The van der Waals surface area contributed by atoms with Gasteiger partial charge in [-0.25, -0.2) is 0 Å². The maximum Gasteiger partial charge on any atom is 0.226 e. The summed E-state index contributed by atoms with van der Waals surface area (Å²) < 4.78 is 5.28. The van der Waals surface area contributed by atoms with E-state index in [4.69, 9.17) is 9.52 Å². The van der Waals surface area contributed by atoms with Crippen LogP contribution < -0.4 is 0 Å². The van der Waals surface area contributed by atoms with Crippen LogP contribution in [-0.2, 0) is 0 Å². The van der Waals surface area contributed by atoms with E-state index in [-0.39, 0.29) is 11.5 Å². The van der Waals surface area contributed by atoms with Crippen LogP contribution in [0.3, 0.4) is 0 Å². The Kier molecular flexibility index (Phi) is 2.09. The number of hydrogen-bond donors (Lipinski definition) is 1. The number of fused-ring (bicyclic) bond motifs is 1. The summed E-state index contributed by atoms with van der Waals surface area (Å²) in [6, 6.07) is 8.99. The van der Waals surface area contributed by atoms with E-state index >= 15 is 0 Å². The second-order valence-corrected chi connectivity index (χ2v) is 3.19. The van der Waals surface area contributed by atoms with Gasteiger partial charge in [0.2, 0.25) is 5.78 Å². The van der Waals surface area contributed by atoms with E-state index in [9.17, 15) is 4.79 Å². The van der Waals surface area contributed by atoms with Crippen molar-refractivity contribution in [3.63, 3.8) is 0 Å². The molecule has 0 spiro atoms. The first-order valence-electron chi connectivity index (χ1n) is 4.39. The lowest BCUT2D eigenvalue weighted by Crippen LogP contribution is -2.14. The number of aliphatic hydroxyl groups is 1. The van der Waals surface area contributed by atoms with Crippen molar-refractivity contribution in [1.82, 2.24) is 0 Å². The molecule has 14 heavy (non-hydrogen) atoms. The van der Waals surface area contributed by atoms with Crippen molar-refractivity contribution < 1.29 is 14.3 Å². The molecule has 0 bridgehead atoms. The Morgan fingerprint density at radius 3 is 2.79 bits per heavy atom. The van der Waals surface area contributed by atoms with Gasteiger partial charge >= 0.3 is 0 Å². The normalized spacial score (nSPS) is 13.0. The van der Waals surface area contributed by atoms with Crippen molar-refractivity contribution in [3.8, 4) is 0 Å². The fraction of sp³-hybridized carbons (Fsp3) is 0.182. The first-order valence-corrected chi connectivity index (χ1v) is 4.39. The molecule has 0 amide bonds. The van der Waals surface area contributed by atoms with Gasteiger partial charge in [0, 0.05) is 5.39 Å². The van der Waals surface area contributed by atoms with E-state index in [1.807, 2.05) is 18.2 Å².